The van der Waals surface area contributed by atoms with Gasteiger partial charge in [0.25, 0.3) is 10.0 Å². The lowest BCUT2D eigenvalue weighted by molar-refractivity contribution is -0.134. The summed E-state index contributed by atoms with van der Waals surface area (Å²) in [6.07, 6.45) is 7.34. The van der Waals surface area contributed by atoms with E-state index in [1.165, 1.54) is 12.3 Å². The molecule has 1 aromatic heterocycles. The summed E-state index contributed by atoms with van der Waals surface area (Å²) < 4.78 is 51.1. The lowest BCUT2D eigenvalue weighted by atomic mass is 9.68. The van der Waals surface area contributed by atoms with E-state index in [0.717, 1.165) is 44.6 Å². The summed E-state index contributed by atoms with van der Waals surface area (Å²) in [7, 11) is -4.02. The number of nitrogens with one attached hydrogen (secondary N) is 1. The normalized spacial score (nSPS) is 26.4. The molecule has 3 rings (SSSR count). The van der Waals surface area contributed by atoms with Crippen LogP contribution in [0.5, 0.6) is 0 Å². The first-order chi connectivity index (χ1) is 13.2. The molecule has 2 saturated carbocycles. The largest absolute Gasteiger partial charge is 0.326 e. The van der Waals surface area contributed by atoms with Gasteiger partial charge < -0.3 is 5.32 Å². The van der Waals surface area contributed by atoms with Gasteiger partial charge in [0.15, 0.2) is 5.03 Å². The van der Waals surface area contributed by atoms with E-state index < -0.39 is 34.2 Å². The van der Waals surface area contributed by atoms with E-state index in [0.29, 0.717) is 6.42 Å². The highest BCUT2D eigenvalue weighted by Gasteiger charge is 2.46. The quantitative estimate of drug-likeness (QED) is 0.732. The summed E-state index contributed by atoms with van der Waals surface area (Å²) in [6.45, 7) is 0. The van der Waals surface area contributed by atoms with Crippen molar-refractivity contribution >= 4 is 21.6 Å². The number of primary sulfonamides is 1. The van der Waals surface area contributed by atoms with Gasteiger partial charge in [-0.05, 0) is 24.3 Å². The van der Waals surface area contributed by atoms with E-state index in [2.05, 4.69) is 10.3 Å². The fourth-order valence-corrected chi connectivity index (χ4v) is 5.12. The highest BCUT2D eigenvalue weighted by atomic mass is 32.2. The van der Waals surface area contributed by atoms with Crippen LogP contribution in [-0.4, -0.2) is 25.2 Å². The Balaban J connectivity index is 1.79. The van der Waals surface area contributed by atoms with E-state index in [1.54, 1.807) is 0 Å². The van der Waals surface area contributed by atoms with E-state index in [9.17, 15) is 22.0 Å². The molecule has 1 heterocycles. The molecule has 1 aromatic rings. The van der Waals surface area contributed by atoms with E-state index in [4.69, 9.17) is 5.14 Å². The first kappa shape index (κ1) is 21.1. The zero-order valence-electron chi connectivity index (χ0n) is 15.7. The molecule has 9 heteroatoms. The van der Waals surface area contributed by atoms with Crippen LogP contribution in [0, 0.1) is 17.8 Å². The Kier molecular flexibility index (Phi) is 6.34. The second kappa shape index (κ2) is 8.41. The predicted octanol–water partition coefficient (Wildman–Crippen LogP) is 3.69. The van der Waals surface area contributed by atoms with Crippen molar-refractivity contribution in [2.24, 2.45) is 22.9 Å². The molecule has 0 bridgehead atoms. The number of aromatic nitrogens is 1. The maximum Gasteiger partial charge on any atom is 0.255 e. The molecule has 0 aromatic carbocycles. The topological polar surface area (TPSA) is 102 Å². The number of halogens is 2. The van der Waals surface area contributed by atoms with E-state index >= 15 is 0 Å². The minimum atomic E-state index is -4.02. The molecule has 3 N–H and O–H groups in total. The molecule has 0 unspecified atom stereocenters. The Hall–Kier alpha value is -1.61. The van der Waals surface area contributed by atoms with Crippen LogP contribution in [-0.2, 0) is 14.8 Å². The third kappa shape index (κ3) is 5.26. The zero-order valence-corrected chi connectivity index (χ0v) is 16.6. The van der Waals surface area contributed by atoms with Gasteiger partial charge in [0.1, 0.15) is 0 Å². The van der Waals surface area contributed by atoms with Crippen molar-refractivity contribution in [1.29, 1.82) is 0 Å². The number of carbonyl (C=O) groups excluding carboxylic acids is 1. The van der Waals surface area contributed by atoms with Crippen LogP contribution in [0.15, 0.2) is 23.4 Å². The van der Waals surface area contributed by atoms with Gasteiger partial charge in [-0.15, -0.1) is 0 Å². The van der Waals surface area contributed by atoms with E-state index in [1.807, 2.05) is 0 Å². The molecular formula is C19H27F2N3O3S. The lowest BCUT2D eigenvalue weighted by Gasteiger charge is -2.39. The highest BCUT2D eigenvalue weighted by molar-refractivity contribution is 7.89. The van der Waals surface area contributed by atoms with Crippen molar-refractivity contribution in [3.05, 3.63) is 18.3 Å². The van der Waals surface area contributed by atoms with Gasteiger partial charge in [-0.2, -0.15) is 0 Å². The Morgan fingerprint density at radius 2 is 1.86 bits per heavy atom. The fourth-order valence-electron chi connectivity index (χ4n) is 4.62. The Bertz CT molecular complexity index is 808. The van der Waals surface area contributed by atoms with Crippen molar-refractivity contribution in [3.8, 4) is 0 Å². The Labute approximate surface area is 164 Å². The number of carbonyl (C=O) groups is 1. The summed E-state index contributed by atoms with van der Waals surface area (Å²) >= 11 is 0. The van der Waals surface area contributed by atoms with Crippen LogP contribution in [0.3, 0.4) is 0 Å². The minimum Gasteiger partial charge on any atom is -0.326 e. The van der Waals surface area contributed by atoms with Crippen molar-refractivity contribution in [2.75, 3.05) is 5.32 Å². The summed E-state index contributed by atoms with van der Waals surface area (Å²) in [5.74, 6) is -3.92. The molecule has 28 heavy (non-hydrogen) atoms. The SMILES string of the molecule is NS(=O)(=O)c1cc(NC(=O)[C@@H]2CC(F)(F)CC[C@H]2C2CCCCCC2)ccn1. The number of nitrogens with two attached hydrogens (primary N) is 1. The van der Waals surface area contributed by atoms with Crippen LogP contribution < -0.4 is 10.5 Å². The summed E-state index contributed by atoms with van der Waals surface area (Å²) in [5.41, 5.74) is 0.192. The van der Waals surface area contributed by atoms with Gasteiger partial charge in [0, 0.05) is 36.7 Å². The summed E-state index contributed by atoms with van der Waals surface area (Å²) in [6, 6.07) is 2.57. The molecule has 0 saturated heterocycles. The van der Waals surface area contributed by atoms with Crippen molar-refractivity contribution < 1.29 is 22.0 Å². The second-order valence-electron chi connectivity index (χ2n) is 8.04. The predicted molar refractivity (Wildman–Crippen MR) is 101 cm³/mol. The Morgan fingerprint density at radius 3 is 2.50 bits per heavy atom. The van der Waals surface area contributed by atoms with Crippen LogP contribution in [0.4, 0.5) is 14.5 Å². The number of pyridine rings is 1. The van der Waals surface area contributed by atoms with Gasteiger partial charge in [-0.25, -0.2) is 27.3 Å². The van der Waals surface area contributed by atoms with Crippen LogP contribution >= 0.6 is 0 Å². The van der Waals surface area contributed by atoms with Crippen molar-refractivity contribution in [1.82, 2.24) is 4.98 Å². The first-order valence-electron chi connectivity index (χ1n) is 9.83. The van der Waals surface area contributed by atoms with Crippen molar-refractivity contribution in [2.45, 2.75) is 68.7 Å². The summed E-state index contributed by atoms with van der Waals surface area (Å²) in [5, 5.41) is 7.31. The fraction of sp³-hybridized carbons (Fsp3) is 0.684. The van der Waals surface area contributed by atoms with Gasteiger partial charge in [0.05, 0.1) is 0 Å². The molecule has 2 atom stereocenters. The smallest absolute Gasteiger partial charge is 0.255 e. The molecular weight excluding hydrogens is 388 g/mol. The molecule has 2 aliphatic rings. The van der Waals surface area contributed by atoms with Crippen LogP contribution in [0.1, 0.15) is 57.8 Å². The number of hydrogen-bond acceptors (Lipinski definition) is 4. The number of alkyl halides is 2. The van der Waals surface area contributed by atoms with Gasteiger partial charge >= 0.3 is 0 Å². The van der Waals surface area contributed by atoms with Gasteiger partial charge in [-0.1, -0.05) is 38.5 Å². The summed E-state index contributed by atoms with van der Waals surface area (Å²) in [4.78, 5) is 16.6. The number of anilines is 1. The molecule has 0 spiro atoms. The standard InChI is InChI=1S/C19H27F2N3O3S/c20-19(21)9-7-15(13-5-3-1-2-4-6-13)16(12-19)18(25)24-14-8-10-23-17(11-14)28(22,26)27/h8,10-11,13,15-16H,1-7,9,12H2,(H2,22,26,27)(H,23,24,25)/t15-,16+/m0/s1. The second-order valence-corrected chi connectivity index (χ2v) is 9.55. The third-order valence-corrected chi connectivity index (χ3v) is 6.82. The minimum absolute atomic E-state index is 0.0720. The molecule has 156 valence electrons. The molecule has 6 nitrogen and oxygen atoms in total. The van der Waals surface area contributed by atoms with E-state index in [-0.39, 0.29) is 29.0 Å². The first-order valence-corrected chi connectivity index (χ1v) is 11.4. The molecule has 1 amide bonds. The van der Waals surface area contributed by atoms with Crippen LogP contribution in [0.2, 0.25) is 0 Å². The zero-order chi connectivity index (χ0) is 20.4. The number of sulfonamides is 1. The van der Waals surface area contributed by atoms with Gasteiger partial charge in [0.2, 0.25) is 11.8 Å². The molecule has 0 aliphatic heterocycles. The molecule has 2 fully saturated rings. The average Bonchev–Trinajstić information content (AvgIpc) is 2.90. The number of hydrogen-bond donors (Lipinski definition) is 2. The number of amides is 1. The monoisotopic (exact) mass is 415 g/mol. The average molecular weight is 416 g/mol. The number of rotatable bonds is 4. The highest BCUT2D eigenvalue weighted by Crippen LogP contribution is 2.46. The van der Waals surface area contributed by atoms with Crippen LogP contribution in [0.25, 0.3) is 0 Å². The number of nitrogens with zero attached hydrogens (tertiary/aromatic N) is 1. The van der Waals surface area contributed by atoms with Crippen molar-refractivity contribution in [3.63, 3.8) is 0 Å². The molecule has 0 radical (unpaired) electrons. The molecule has 2 aliphatic carbocycles. The maximum atomic E-state index is 14.1. The maximum absolute atomic E-state index is 14.1. The third-order valence-electron chi connectivity index (χ3n) is 6.01. The lowest BCUT2D eigenvalue weighted by Crippen LogP contribution is -2.42. The van der Waals surface area contributed by atoms with Gasteiger partial charge in [-0.3, -0.25) is 4.79 Å². The Morgan fingerprint density at radius 1 is 1.18 bits per heavy atom.